The molecule has 3 rings (SSSR count). The second-order valence-corrected chi connectivity index (χ2v) is 6.50. The molecule has 5 nitrogen and oxygen atoms in total. The van der Waals surface area contributed by atoms with Gasteiger partial charge in [0, 0.05) is 24.7 Å². The van der Waals surface area contributed by atoms with Gasteiger partial charge in [-0.15, -0.1) is 12.4 Å². The van der Waals surface area contributed by atoms with Crippen molar-refractivity contribution in [2.45, 2.75) is 44.8 Å². The molecule has 2 aromatic rings. The third kappa shape index (κ3) is 6.18. The van der Waals surface area contributed by atoms with Crippen LogP contribution in [0.3, 0.4) is 0 Å². The van der Waals surface area contributed by atoms with Crippen LogP contribution in [0.15, 0.2) is 34.9 Å². The van der Waals surface area contributed by atoms with Crippen molar-refractivity contribution >= 4 is 12.4 Å². The maximum absolute atomic E-state index is 13.1. The third-order valence-electron chi connectivity index (χ3n) is 4.61. The maximum atomic E-state index is 13.1. The molecular weight excluding hydrogens is 359 g/mol. The van der Waals surface area contributed by atoms with Gasteiger partial charge in [0.2, 0.25) is 0 Å². The van der Waals surface area contributed by atoms with E-state index in [-0.39, 0.29) is 24.8 Å². The molecule has 0 saturated heterocycles. The average molecular weight is 385 g/mol. The zero-order valence-corrected chi connectivity index (χ0v) is 15.8. The standard InChI is InChI=1S/C19H25FN2O3.ClH/c1-22(16-7-3-2-4-8-16)10-11-23-19-13-18(25-21-19)14-24-17-9-5-6-15(20)12-17;/h5-6,9,12-13,16H,2-4,7-8,10-11,14H2,1H3;1H. The van der Waals surface area contributed by atoms with Crippen molar-refractivity contribution in [2.75, 3.05) is 20.2 Å². The predicted molar refractivity (Wildman–Crippen MR) is 99.5 cm³/mol. The zero-order valence-electron chi connectivity index (χ0n) is 15.0. The fourth-order valence-electron chi connectivity index (χ4n) is 3.14. The number of hydrogen-bond acceptors (Lipinski definition) is 5. The van der Waals surface area contributed by atoms with Gasteiger partial charge < -0.3 is 18.9 Å². The van der Waals surface area contributed by atoms with Crippen molar-refractivity contribution in [1.29, 1.82) is 0 Å². The van der Waals surface area contributed by atoms with E-state index in [1.54, 1.807) is 18.2 Å². The number of benzene rings is 1. The maximum Gasteiger partial charge on any atom is 0.254 e. The van der Waals surface area contributed by atoms with E-state index in [2.05, 4.69) is 17.1 Å². The normalized spacial score (nSPS) is 14.9. The highest BCUT2D eigenvalue weighted by atomic mass is 35.5. The Morgan fingerprint density at radius 2 is 2.00 bits per heavy atom. The molecule has 0 N–H and O–H groups in total. The van der Waals surface area contributed by atoms with Crippen molar-refractivity contribution in [3.05, 3.63) is 41.9 Å². The summed E-state index contributed by atoms with van der Waals surface area (Å²) in [6.07, 6.45) is 6.58. The first-order chi connectivity index (χ1) is 12.2. The Hall–Kier alpha value is -1.79. The SMILES string of the molecule is CN(CCOc1cc(COc2cccc(F)c2)on1)C1CCCCC1.Cl. The number of rotatable bonds is 8. The number of hydrogen-bond donors (Lipinski definition) is 0. The highest BCUT2D eigenvalue weighted by Crippen LogP contribution is 2.21. The third-order valence-corrected chi connectivity index (χ3v) is 4.61. The fourth-order valence-corrected chi connectivity index (χ4v) is 3.14. The van der Waals surface area contributed by atoms with Gasteiger partial charge in [0.1, 0.15) is 24.8 Å². The highest BCUT2D eigenvalue weighted by Gasteiger charge is 2.17. The Morgan fingerprint density at radius 3 is 2.77 bits per heavy atom. The summed E-state index contributed by atoms with van der Waals surface area (Å²) in [7, 11) is 2.15. The topological polar surface area (TPSA) is 47.7 Å². The van der Waals surface area contributed by atoms with E-state index in [4.69, 9.17) is 14.0 Å². The molecule has 1 aliphatic carbocycles. The van der Waals surface area contributed by atoms with E-state index in [9.17, 15) is 4.39 Å². The van der Waals surface area contributed by atoms with Gasteiger partial charge in [-0.25, -0.2) is 4.39 Å². The van der Waals surface area contributed by atoms with Gasteiger partial charge in [-0.05, 0) is 37.2 Å². The summed E-state index contributed by atoms with van der Waals surface area (Å²) in [6.45, 7) is 1.62. The van der Waals surface area contributed by atoms with Crippen molar-refractivity contribution in [1.82, 2.24) is 10.1 Å². The molecule has 26 heavy (non-hydrogen) atoms. The van der Waals surface area contributed by atoms with Gasteiger partial charge in [0.15, 0.2) is 5.76 Å². The van der Waals surface area contributed by atoms with Crippen molar-refractivity contribution in [3.8, 4) is 11.6 Å². The van der Waals surface area contributed by atoms with E-state index < -0.39 is 0 Å². The average Bonchev–Trinajstić information content (AvgIpc) is 3.08. The van der Waals surface area contributed by atoms with Crippen LogP contribution < -0.4 is 9.47 Å². The molecule has 1 aliphatic rings. The second kappa shape index (κ2) is 10.4. The Bertz CT molecular complexity index is 662. The summed E-state index contributed by atoms with van der Waals surface area (Å²) in [5.74, 6) is 1.11. The number of ether oxygens (including phenoxy) is 2. The van der Waals surface area contributed by atoms with Crippen LogP contribution in [-0.2, 0) is 6.61 Å². The highest BCUT2D eigenvalue weighted by molar-refractivity contribution is 5.85. The monoisotopic (exact) mass is 384 g/mol. The molecule has 144 valence electrons. The second-order valence-electron chi connectivity index (χ2n) is 6.50. The molecule has 1 saturated carbocycles. The number of aromatic nitrogens is 1. The Balaban J connectivity index is 0.00000243. The molecule has 1 heterocycles. The van der Waals surface area contributed by atoms with E-state index in [1.165, 1.54) is 44.2 Å². The molecule has 0 bridgehead atoms. The van der Waals surface area contributed by atoms with E-state index in [1.807, 2.05) is 0 Å². The van der Waals surface area contributed by atoms with Gasteiger partial charge in [-0.1, -0.05) is 25.3 Å². The Kier molecular flexibility index (Phi) is 8.19. The van der Waals surface area contributed by atoms with Crippen LogP contribution in [0.4, 0.5) is 4.39 Å². The number of likely N-dealkylation sites (N-methyl/N-ethyl adjacent to an activating group) is 1. The van der Waals surface area contributed by atoms with Gasteiger partial charge in [0.25, 0.3) is 5.88 Å². The molecule has 1 aromatic carbocycles. The van der Waals surface area contributed by atoms with Crippen molar-refractivity contribution < 1.29 is 18.4 Å². The fraction of sp³-hybridized carbons (Fsp3) is 0.526. The molecule has 0 spiro atoms. The first-order valence-electron chi connectivity index (χ1n) is 8.88. The quantitative estimate of drug-likeness (QED) is 0.672. The van der Waals surface area contributed by atoms with Crippen molar-refractivity contribution in [3.63, 3.8) is 0 Å². The van der Waals surface area contributed by atoms with Crippen LogP contribution in [0.5, 0.6) is 11.6 Å². The molecular formula is C19H26ClFN2O3. The lowest BCUT2D eigenvalue weighted by Crippen LogP contribution is -2.36. The van der Waals surface area contributed by atoms with Gasteiger partial charge >= 0.3 is 0 Å². The first kappa shape index (κ1) is 20.5. The number of halogens is 2. The van der Waals surface area contributed by atoms with Crippen LogP contribution >= 0.6 is 12.4 Å². The molecule has 7 heteroatoms. The van der Waals surface area contributed by atoms with Crippen LogP contribution in [0.25, 0.3) is 0 Å². The Labute approximate surface area is 159 Å². The first-order valence-corrected chi connectivity index (χ1v) is 8.88. The molecule has 1 aromatic heterocycles. The summed E-state index contributed by atoms with van der Waals surface area (Å²) in [5.41, 5.74) is 0. The van der Waals surface area contributed by atoms with E-state index >= 15 is 0 Å². The van der Waals surface area contributed by atoms with Crippen LogP contribution in [0, 0.1) is 5.82 Å². The van der Waals surface area contributed by atoms with Gasteiger partial charge in [-0.3, -0.25) is 0 Å². The molecule has 0 amide bonds. The minimum absolute atomic E-state index is 0. The lowest BCUT2D eigenvalue weighted by molar-refractivity contribution is 0.155. The molecule has 0 unspecified atom stereocenters. The molecule has 0 radical (unpaired) electrons. The van der Waals surface area contributed by atoms with Crippen LogP contribution in [0.2, 0.25) is 0 Å². The summed E-state index contributed by atoms with van der Waals surface area (Å²) in [4.78, 5) is 2.37. The minimum Gasteiger partial charge on any atom is -0.485 e. The zero-order chi connectivity index (χ0) is 17.5. The van der Waals surface area contributed by atoms with Crippen LogP contribution in [0.1, 0.15) is 37.9 Å². The van der Waals surface area contributed by atoms with Gasteiger partial charge in [0.05, 0.1) is 0 Å². The Morgan fingerprint density at radius 1 is 1.19 bits per heavy atom. The summed E-state index contributed by atoms with van der Waals surface area (Å²) >= 11 is 0. The van der Waals surface area contributed by atoms with Crippen LogP contribution in [-0.4, -0.2) is 36.3 Å². The summed E-state index contributed by atoms with van der Waals surface area (Å²) in [6, 6.07) is 8.37. The van der Waals surface area contributed by atoms with Gasteiger partial charge in [-0.2, -0.15) is 0 Å². The smallest absolute Gasteiger partial charge is 0.254 e. The predicted octanol–water partition coefficient (Wildman–Crippen LogP) is 4.46. The molecule has 1 fully saturated rings. The summed E-state index contributed by atoms with van der Waals surface area (Å²) < 4.78 is 29.4. The largest absolute Gasteiger partial charge is 0.485 e. The molecule has 0 aliphatic heterocycles. The lowest BCUT2D eigenvalue weighted by Gasteiger charge is -2.30. The molecule has 0 atom stereocenters. The van der Waals surface area contributed by atoms with Crippen molar-refractivity contribution in [2.24, 2.45) is 0 Å². The minimum atomic E-state index is -0.332. The van der Waals surface area contributed by atoms with E-state index in [0.29, 0.717) is 30.0 Å². The summed E-state index contributed by atoms with van der Waals surface area (Å²) in [5, 5.41) is 3.89. The van der Waals surface area contributed by atoms with E-state index in [0.717, 1.165) is 6.54 Å². The number of nitrogens with zero attached hydrogens (tertiary/aromatic N) is 2. The lowest BCUT2D eigenvalue weighted by atomic mass is 9.94.